The normalized spacial score (nSPS) is 42.1. The predicted molar refractivity (Wildman–Crippen MR) is 130 cm³/mol. The van der Waals surface area contributed by atoms with Crippen LogP contribution in [0.4, 0.5) is 0 Å². The maximum absolute atomic E-state index is 12.8. The van der Waals surface area contributed by atoms with Gasteiger partial charge in [-0.05, 0) is 91.3 Å². The van der Waals surface area contributed by atoms with Crippen LogP contribution in [0.5, 0.6) is 0 Å². The fourth-order valence-electron chi connectivity index (χ4n) is 7.31. The standard InChI is InChI=1S/C29H42O3/c1-18(15-22-12-14-28(3,4)27(22)32)24-10-11-25-20(7-6-13-29(24,25)5)8-9-21-16-23(30)17-26(31)19(21)2/h8-9,15,18,23-26,30-31H,2,6-7,10-14,16-17H2,1,3-5H3/b20-8+,21-9-,22-15+/t18-,23+,24-,25+,26+,29-/m1/s1. The third kappa shape index (κ3) is 4.23. The van der Waals surface area contributed by atoms with Crippen LogP contribution in [0.15, 0.2) is 47.1 Å². The number of Topliss-reactive ketones (excluding diaryl/α,β-unsaturated/α-hetero) is 1. The summed E-state index contributed by atoms with van der Waals surface area (Å²) in [4.78, 5) is 12.8. The number of aliphatic hydroxyl groups excluding tert-OH is 2. The highest BCUT2D eigenvalue weighted by Gasteiger charge is 2.50. The maximum atomic E-state index is 12.8. The van der Waals surface area contributed by atoms with Crippen molar-refractivity contribution in [3.8, 4) is 0 Å². The molecule has 4 rings (SSSR count). The maximum Gasteiger partial charge on any atom is 0.164 e. The molecule has 4 aliphatic carbocycles. The van der Waals surface area contributed by atoms with Crippen LogP contribution in [0.3, 0.4) is 0 Å². The van der Waals surface area contributed by atoms with Crippen molar-refractivity contribution in [3.63, 3.8) is 0 Å². The molecule has 0 unspecified atom stereocenters. The summed E-state index contributed by atoms with van der Waals surface area (Å²) in [5, 5.41) is 20.2. The van der Waals surface area contributed by atoms with E-state index in [-0.39, 0.29) is 10.8 Å². The van der Waals surface area contributed by atoms with Crippen LogP contribution in [-0.2, 0) is 4.79 Å². The van der Waals surface area contributed by atoms with Crippen LogP contribution in [0, 0.1) is 28.6 Å². The largest absolute Gasteiger partial charge is 0.393 e. The van der Waals surface area contributed by atoms with E-state index >= 15 is 0 Å². The SMILES string of the molecule is C=C1/C(=C\C=C2/CCC[C@]3(C)[C@@H]([C@H](C)/C=C4\CCC(C)(C)C4=O)CC[C@@H]23)C[C@H](O)C[C@@H]1O. The molecule has 0 radical (unpaired) electrons. The molecule has 0 saturated heterocycles. The average Bonchev–Trinajstić information content (AvgIpc) is 3.21. The number of hydrogen-bond donors (Lipinski definition) is 2. The molecular formula is C29H42O3. The van der Waals surface area contributed by atoms with Gasteiger partial charge in [0.15, 0.2) is 5.78 Å². The lowest BCUT2D eigenvalue weighted by atomic mass is 9.61. The molecule has 4 saturated carbocycles. The lowest BCUT2D eigenvalue weighted by molar-refractivity contribution is -0.121. The Hall–Kier alpha value is -1.45. The monoisotopic (exact) mass is 438 g/mol. The van der Waals surface area contributed by atoms with Crippen LogP contribution in [0.1, 0.15) is 85.5 Å². The summed E-state index contributed by atoms with van der Waals surface area (Å²) >= 11 is 0. The molecule has 0 bridgehead atoms. The number of hydrogen-bond acceptors (Lipinski definition) is 3. The van der Waals surface area contributed by atoms with Gasteiger partial charge in [-0.25, -0.2) is 0 Å². The third-order valence-corrected chi connectivity index (χ3v) is 9.33. The molecule has 32 heavy (non-hydrogen) atoms. The van der Waals surface area contributed by atoms with Crippen LogP contribution in [0.25, 0.3) is 0 Å². The van der Waals surface area contributed by atoms with E-state index in [1.165, 1.54) is 31.3 Å². The third-order valence-electron chi connectivity index (χ3n) is 9.33. The average molecular weight is 439 g/mol. The van der Waals surface area contributed by atoms with Crippen molar-refractivity contribution in [2.75, 3.05) is 0 Å². The van der Waals surface area contributed by atoms with E-state index in [4.69, 9.17) is 0 Å². The Morgan fingerprint density at radius 1 is 1.06 bits per heavy atom. The molecule has 0 aromatic rings. The van der Waals surface area contributed by atoms with Crippen LogP contribution in [-0.4, -0.2) is 28.2 Å². The zero-order chi connectivity index (χ0) is 23.3. The first-order valence-electron chi connectivity index (χ1n) is 12.7. The van der Waals surface area contributed by atoms with Gasteiger partial charge in [0, 0.05) is 11.8 Å². The van der Waals surface area contributed by atoms with E-state index in [1.807, 2.05) is 0 Å². The molecular weight excluding hydrogens is 396 g/mol. The van der Waals surface area contributed by atoms with Crippen LogP contribution >= 0.6 is 0 Å². The second-order valence-electron chi connectivity index (χ2n) is 11.9. The Bertz CT molecular complexity index is 873. The van der Waals surface area contributed by atoms with Crippen LogP contribution in [0.2, 0.25) is 0 Å². The topological polar surface area (TPSA) is 57.5 Å². The number of ketones is 1. The summed E-state index contributed by atoms with van der Waals surface area (Å²) in [6.07, 6.45) is 14.5. The van der Waals surface area contributed by atoms with E-state index in [1.54, 1.807) is 0 Å². The molecule has 2 N–H and O–H groups in total. The van der Waals surface area contributed by atoms with Crippen molar-refractivity contribution in [3.05, 3.63) is 47.1 Å². The molecule has 0 aromatic heterocycles. The molecule has 0 aromatic carbocycles. The summed E-state index contributed by atoms with van der Waals surface area (Å²) in [5.41, 5.74) is 4.43. The van der Waals surface area contributed by atoms with Crippen molar-refractivity contribution >= 4 is 5.78 Å². The molecule has 3 heteroatoms. The highest BCUT2D eigenvalue weighted by atomic mass is 16.3. The van der Waals surface area contributed by atoms with Gasteiger partial charge in [-0.3, -0.25) is 4.79 Å². The lowest BCUT2D eigenvalue weighted by Crippen LogP contribution is -2.35. The Morgan fingerprint density at radius 3 is 2.50 bits per heavy atom. The number of fused-ring (bicyclic) bond motifs is 1. The summed E-state index contributed by atoms with van der Waals surface area (Å²) in [7, 11) is 0. The Balaban J connectivity index is 1.53. The van der Waals surface area contributed by atoms with Crippen molar-refractivity contribution in [1.29, 1.82) is 0 Å². The van der Waals surface area contributed by atoms with E-state index in [0.717, 1.165) is 36.0 Å². The number of carbonyl (C=O) groups is 1. The van der Waals surface area contributed by atoms with Gasteiger partial charge in [0.05, 0.1) is 12.2 Å². The summed E-state index contributed by atoms with van der Waals surface area (Å²) in [6.45, 7) is 13.0. The zero-order valence-electron chi connectivity index (χ0n) is 20.5. The summed E-state index contributed by atoms with van der Waals surface area (Å²) < 4.78 is 0. The zero-order valence-corrected chi connectivity index (χ0v) is 20.5. The number of carbonyl (C=O) groups excluding carboxylic acids is 1. The minimum Gasteiger partial charge on any atom is -0.393 e. The Morgan fingerprint density at radius 2 is 1.81 bits per heavy atom. The van der Waals surface area contributed by atoms with Crippen LogP contribution < -0.4 is 0 Å². The van der Waals surface area contributed by atoms with E-state index < -0.39 is 12.2 Å². The fraction of sp³-hybridized carbons (Fsp3) is 0.690. The second kappa shape index (κ2) is 8.72. The number of aliphatic hydroxyl groups is 2. The molecule has 0 heterocycles. The van der Waals surface area contributed by atoms with Gasteiger partial charge in [-0.2, -0.15) is 0 Å². The van der Waals surface area contributed by atoms with Gasteiger partial charge in [0.1, 0.15) is 0 Å². The van der Waals surface area contributed by atoms with Crippen molar-refractivity contribution in [2.45, 2.75) is 97.7 Å². The predicted octanol–water partition coefficient (Wildman–Crippen LogP) is 6.08. The molecule has 3 nitrogen and oxygen atoms in total. The van der Waals surface area contributed by atoms with Gasteiger partial charge in [0.25, 0.3) is 0 Å². The van der Waals surface area contributed by atoms with Gasteiger partial charge in [-0.1, -0.05) is 58.1 Å². The smallest absolute Gasteiger partial charge is 0.164 e. The van der Waals surface area contributed by atoms with Crippen molar-refractivity contribution in [1.82, 2.24) is 0 Å². The molecule has 0 aliphatic heterocycles. The first kappa shape index (κ1) is 23.7. The summed E-state index contributed by atoms with van der Waals surface area (Å²) in [6, 6.07) is 0. The minimum atomic E-state index is -0.631. The number of rotatable bonds is 3. The number of allylic oxidation sites excluding steroid dienone is 5. The molecule has 6 atom stereocenters. The van der Waals surface area contributed by atoms with Gasteiger partial charge in [0.2, 0.25) is 0 Å². The van der Waals surface area contributed by atoms with E-state index in [0.29, 0.717) is 36.4 Å². The fourth-order valence-corrected chi connectivity index (χ4v) is 7.31. The van der Waals surface area contributed by atoms with Gasteiger partial charge in [-0.15, -0.1) is 0 Å². The first-order chi connectivity index (χ1) is 15.0. The Kier molecular flexibility index (Phi) is 6.46. The minimum absolute atomic E-state index is 0.188. The van der Waals surface area contributed by atoms with Crippen molar-refractivity contribution < 1.29 is 15.0 Å². The second-order valence-corrected chi connectivity index (χ2v) is 11.9. The molecule has 0 amide bonds. The molecule has 0 spiro atoms. The van der Waals surface area contributed by atoms with E-state index in [9.17, 15) is 15.0 Å². The van der Waals surface area contributed by atoms with E-state index in [2.05, 4.69) is 52.5 Å². The van der Waals surface area contributed by atoms with Gasteiger partial charge < -0.3 is 10.2 Å². The highest BCUT2D eigenvalue weighted by Crippen LogP contribution is 2.59. The molecule has 176 valence electrons. The molecule has 4 fully saturated rings. The quantitative estimate of drug-likeness (QED) is 0.525. The highest BCUT2D eigenvalue weighted by molar-refractivity contribution is 6.01. The Labute approximate surface area is 194 Å². The lowest BCUT2D eigenvalue weighted by Gasteiger charge is -2.44. The first-order valence-corrected chi connectivity index (χ1v) is 12.7. The van der Waals surface area contributed by atoms with Crippen molar-refractivity contribution in [2.24, 2.45) is 28.6 Å². The van der Waals surface area contributed by atoms with Gasteiger partial charge >= 0.3 is 0 Å². The molecule has 4 aliphatic rings. The summed E-state index contributed by atoms with van der Waals surface area (Å²) in [5.74, 6) is 1.98.